The van der Waals surface area contributed by atoms with E-state index in [1.54, 1.807) is 28.9 Å². The van der Waals surface area contributed by atoms with Gasteiger partial charge in [-0.3, -0.25) is 0 Å². The van der Waals surface area contributed by atoms with E-state index in [4.69, 9.17) is 0 Å². The van der Waals surface area contributed by atoms with E-state index >= 15 is 0 Å². The smallest absolute Gasteiger partial charge is 0.183 e. The SMILES string of the molecule is CCCNc1nc(-c2nccs2)cs1. The summed E-state index contributed by atoms with van der Waals surface area (Å²) < 4.78 is 0. The topological polar surface area (TPSA) is 37.8 Å². The van der Waals surface area contributed by atoms with Crippen LogP contribution < -0.4 is 5.32 Å². The normalized spacial score (nSPS) is 10.4. The molecule has 0 aliphatic carbocycles. The molecule has 0 saturated heterocycles. The second kappa shape index (κ2) is 4.52. The Morgan fingerprint density at radius 3 is 3.07 bits per heavy atom. The summed E-state index contributed by atoms with van der Waals surface area (Å²) in [6.45, 7) is 3.12. The maximum atomic E-state index is 4.45. The van der Waals surface area contributed by atoms with Crippen LogP contribution in [0, 0.1) is 0 Å². The molecule has 0 fully saturated rings. The minimum absolute atomic E-state index is 0.976. The molecule has 2 aromatic rings. The van der Waals surface area contributed by atoms with E-state index in [1.165, 1.54) is 0 Å². The van der Waals surface area contributed by atoms with E-state index in [2.05, 4.69) is 22.2 Å². The van der Waals surface area contributed by atoms with Crippen molar-refractivity contribution < 1.29 is 0 Å². The molecule has 0 aliphatic rings. The molecule has 0 aromatic carbocycles. The molecule has 0 bridgehead atoms. The highest BCUT2D eigenvalue weighted by molar-refractivity contribution is 7.15. The standard InChI is InChI=1S/C9H11N3S2/c1-2-3-11-9-12-7(6-14-9)8-10-4-5-13-8/h4-6H,2-3H2,1H3,(H,11,12). The maximum Gasteiger partial charge on any atom is 0.183 e. The van der Waals surface area contributed by atoms with Crippen molar-refractivity contribution in [2.24, 2.45) is 0 Å². The third kappa shape index (κ3) is 2.10. The second-order valence-electron chi connectivity index (χ2n) is 2.80. The monoisotopic (exact) mass is 225 g/mol. The molecule has 0 saturated carbocycles. The zero-order valence-corrected chi connectivity index (χ0v) is 9.49. The number of anilines is 1. The fourth-order valence-electron chi connectivity index (χ4n) is 1.04. The molecule has 1 N–H and O–H groups in total. The van der Waals surface area contributed by atoms with Gasteiger partial charge in [0, 0.05) is 23.5 Å². The molecule has 0 amide bonds. The molecule has 0 spiro atoms. The van der Waals surface area contributed by atoms with Gasteiger partial charge in [-0.2, -0.15) is 0 Å². The fourth-order valence-corrected chi connectivity index (χ4v) is 2.43. The zero-order chi connectivity index (χ0) is 9.80. The number of rotatable bonds is 4. The lowest BCUT2D eigenvalue weighted by Gasteiger charge is -1.96. The molecule has 2 heterocycles. The van der Waals surface area contributed by atoms with E-state index in [1.807, 2.05) is 10.8 Å². The van der Waals surface area contributed by atoms with Gasteiger partial charge in [-0.05, 0) is 6.42 Å². The van der Waals surface area contributed by atoms with E-state index in [0.29, 0.717) is 0 Å². The fraction of sp³-hybridized carbons (Fsp3) is 0.333. The minimum Gasteiger partial charge on any atom is -0.362 e. The first-order valence-corrected chi connectivity index (χ1v) is 6.25. The molecule has 0 radical (unpaired) electrons. The van der Waals surface area contributed by atoms with Gasteiger partial charge >= 0.3 is 0 Å². The molecule has 5 heteroatoms. The molecule has 2 aromatic heterocycles. The lowest BCUT2D eigenvalue weighted by Crippen LogP contribution is -1.98. The Morgan fingerprint density at radius 2 is 2.36 bits per heavy atom. The van der Waals surface area contributed by atoms with Crippen LogP contribution in [0.1, 0.15) is 13.3 Å². The number of hydrogen-bond acceptors (Lipinski definition) is 5. The number of nitrogens with one attached hydrogen (secondary N) is 1. The predicted molar refractivity (Wildman–Crippen MR) is 62.0 cm³/mol. The Bertz CT molecular complexity index is 380. The predicted octanol–water partition coefficient (Wildman–Crippen LogP) is 3.09. The van der Waals surface area contributed by atoms with Gasteiger partial charge in [0.15, 0.2) is 5.13 Å². The van der Waals surface area contributed by atoms with Crippen LogP contribution in [-0.4, -0.2) is 16.5 Å². The average Bonchev–Trinajstić information content (AvgIpc) is 2.85. The van der Waals surface area contributed by atoms with Gasteiger partial charge in [0.1, 0.15) is 10.7 Å². The molecule has 0 atom stereocenters. The van der Waals surface area contributed by atoms with Gasteiger partial charge < -0.3 is 5.32 Å². The first-order chi connectivity index (χ1) is 6.90. The lowest BCUT2D eigenvalue weighted by molar-refractivity contribution is 0.976. The summed E-state index contributed by atoms with van der Waals surface area (Å²) in [5.74, 6) is 0. The van der Waals surface area contributed by atoms with E-state index in [-0.39, 0.29) is 0 Å². The molecular formula is C9H11N3S2. The second-order valence-corrected chi connectivity index (χ2v) is 4.55. The highest BCUT2D eigenvalue weighted by Gasteiger charge is 2.05. The molecule has 14 heavy (non-hydrogen) atoms. The summed E-state index contributed by atoms with van der Waals surface area (Å²) in [6, 6.07) is 0. The summed E-state index contributed by atoms with van der Waals surface area (Å²) in [7, 11) is 0. The third-order valence-corrected chi connectivity index (χ3v) is 3.28. The molecule has 0 aliphatic heterocycles. The van der Waals surface area contributed by atoms with Gasteiger partial charge in [0.25, 0.3) is 0 Å². The van der Waals surface area contributed by atoms with Gasteiger partial charge in [-0.1, -0.05) is 6.92 Å². The van der Waals surface area contributed by atoms with Crippen molar-refractivity contribution in [3.63, 3.8) is 0 Å². The number of aromatic nitrogens is 2. The van der Waals surface area contributed by atoms with Crippen molar-refractivity contribution in [2.45, 2.75) is 13.3 Å². The van der Waals surface area contributed by atoms with E-state index in [0.717, 1.165) is 28.8 Å². The summed E-state index contributed by atoms with van der Waals surface area (Å²) in [5, 5.41) is 9.24. The summed E-state index contributed by atoms with van der Waals surface area (Å²) >= 11 is 3.25. The van der Waals surface area contributed by atoms with E-state index < -0.39 is 0 Å². The van der Waals surface area contributed by atoms with Crippen LogP contribution in [0.3, 0.4) is 0 Å². The number of thiazole rings is 2. The zero-order valence-electron chi connectivity index (χ0n) is 7.86. The van der Waals surface area contributed by atoms with Gasteiger partial charge in [0.2, 0.25) is 0 Å². The van der Waals surface area contributed by atoms with Gasteiger partial charge in [0.05, 0.1) is 0 Å². The van der Waals surface area contributed by atoms with Crippen LogP contribution >= 0.6 is 22.7 Å². The Hall–Kier alpha value is -0.940. The molecule has 0 unspecified atom stereocenters. The summed E-state index contributed by atoms with van der Waals surface area (Å²) in [5.41, 5.74) is 0.976. The van der Waals surface area contributed by atoms with Crippen LogP contribution in [0.4, 0.5) is 5.13 Å². The van der Waals surface area contributed by atoms with Crippen LogP contribution in [0.15, 0.2) is 17.0 Å². The summed E-state index contributed by atoms with van der Waals surface area (Å²) in [4.78, 5) is 8.66. The Labute approximate surface area is 90.9 Å². The van der Waals surface area contributed by atoms with Crippen molar-refractivity contribution >= 4 is 27.8 Å². The quantitative estimate of drug-likeness (QED) is 0.869. The van der Waals surface area contributed by atoms with E-state index in [9.17, 15) is 0 Å². The van der Waals surface area contributed by atoms with Crippen molar-refractivity contribution in [1.82, 2.24) is 9.97 Å². The molecule has 3 nitrogen and oxygen atoms in total. The van der Waals surface area contributed by atoms with Gasteiger partial charge in [-0.25, -0.2) is 9.97 Å². The number of hydrogen-bond donors (Lipinski definition) is 1. The van der Waals surface area contributed by atoms with Crippen LogP contribution in [0.2, 0.25) is 0 Å². The molecular weight excluding hydrogens is 214 g/mol. The Kier molecular flexibility index (Phi) is 3.10. The van der Waals surface area contributed by atoms with Crippen molar-refractivity contribution in [3.8, 4) is 10.7 Å². The summed E-state index contributed by atoms with van der Waals surface area (Å²) in [6.07, 6.45) is 2.92. The van der Waals surface area contributed by atoms with Crippen molar-refractivity contribution in [1.29, 1.82) is 0 Å². The average molecular weight is 225 g/mol. The first-order valence-electron chi connectivity index (χ1n) is 4.49. The van der Waals surface area contributed by atoms with Crippen molar-refractivity contribution in [2.75, 3.05) is 11.9 Å². The third-order valence-electron chi connectivity index (χ3n) is 1.68. The largest absolute Gasteiger partial charge is 0.362 e. The van der Waals surface area contributed by atoms with Crippen molar-refractivity contribution in [3.05, 3.63) is 17.0 Å². The first kappa shape index (κ1) is 9.61. The van der Waals surface area contributed by atoms with Gasteiger partial charge in [-0.15, -0.1) is 22.7 Å². The molecule has 74 valence electrons. The van der Waals surface area contributed by atoms with Crippen LogP contribution in [0.5, 0.6) is 0 Å². The maximum absolute atomic E-state index is 4.45. The highest BCUT2D eigenvalue weighted by atomic mass is 32.1. The Balaban J connectivity index is 2.10. The Morgan fingerprint density at radius 1 is 1.43 bits per heavy atom. The molecule has 2 rings (SSSR count). The number of nitrogens with zero attached hydrogens (tertiary/aromatic N) is 2. The minimum atomic E-state index is 0.976. The lowest BCUT2D eigenvalue weighted by atomic mass is 10.5. The van der Waals surface area contributed by atoms with Crippen LogP contribution in [-0.2, 0) is 0 Å². The van der Waals surface area contributed by atoms with Crippen LogP contribution in [0.25, 0.3) is 10.7 Å². The highest BCUT2D eigenvalue weighted by Crippen LogP contribution is 2.25.